The lowest BCUT2D eigenvalue weighted by Crippen LogP contribution is -2.22. The van der Waals surface area contributed by atoms with E-state index in [0.29, 0.717) is 5.69 Å². The van der Waals surface area contributed by atoms with Gasteiger partial charge in [0, 0.05) is 11.8 Å². The van der Waals surface area contributed by atoms with Crippen LogP contribution in [0, 0.1) is 0 Å². The molecule has 2 aromatic rings. The molecule has 0 spiro atoms. The predicted octanol–water partition coefficient (Wildman–Crippen LogP) is 3.67. The van der Waals surface area contributed by atoms with Crippen LogP contribution in [-0.4, -0.2) is 15.9 Å². The minimum Gasteiger partial charge on any atom is -0.491 e. The van der Waals surface area contributed by atoms with Crippen molar-refractivity contribution in [1.82, 2.24) is 9.78 Å². The lowest BCUT2D eigenvalue weighted by Gasteiger charge is -2.18. The van der Waals surface area contributed by atoms with Crippen LogP contribution in [-0.2, 0) is 5.54 Å². The Morgan fingerprint density at radius 2 is 1.75 bits per heavy atom. The lowest BCUT2D eigenvalue weighted by atomic mass is 10.1. The van der Waals surface area contributed by atoms with Crippen LogP contribution in [0.1, 0.15) is 34.6 Å². The maximum absolute atomic E-state index is 6.07. The number of anilines is 1. The molecule has 0 bridgehead atoms. The van der Waals surface area contributed by atoms with Crippen LogP contribution >= 0.6 is 0 Å². The van der Waals surface area contributed by atoms with Crippen molar-refractivity contribution in [3.8, 4) is 17.0 Å². The highest BCUT2D eigenvalue weighted by Crippen LogP contribution is 2.28. The van der Waals surface area contributed by atoms with Gasteiger partial charge >= 0.3 is 0 Å². The molecule has 108 valence electrons. The van der Waals surface area contributed by atoms with E-state index >= 15 is 0 Å². The molecule has 0 saturated heterocycles. The van der Waals surface area contributed by atoms with Gasteiger partial charge in [-0.25, -0.2) is 0 Å². The molecule has 0 amide bonds. The number of rotatable bonds is 3. The monoisotopic (exact) mass is 273 g/mol. The van der Waals surface area contributed by atoms with Crippen molar-refractivity contribution in [2.45, 2.75) is 46.3 Å². The van der Waals surface area contributed by atoms with Gasteiger partial charge in [-0.3, -0.25) is 4.68 Å². The van der Waals surface area contributed by atoms with Gasteiger partial charge in [0.2, 0.25) is 0 Å². The smallest absolute Gasteiger partial charge is 0.119 e. The Morgan fingerprint density at radius 1 is 1.15 bits per heavy atom. The van der Waals surface area contributed by atoms with Crippen molar-refractivity contribution in [3.63, 3.8) is 0 Å². The van der Waals surface area contributed by atoms with Crippen LogP contribution in [0.4, 0.5) is 5.69 Å². The van der Waals surface area contributed by atoms with E-state index in [9.17, 15) is 0 Å². The van der Waals surface area contributed by atoms with E-state index in [1.54, 1.807) is 0 Å². The van der Waals surface area contributed by atoms with Gasteiger partial charge in [-0.15, -0.1) is 0 Å². The molecule has 2 rings (SSSR count). The number of hydrogen-bond donors (Lipinski definition) is 1. The van der Waals surface area contributed by atoms with Crippen LogP contribution in [0.2, 0.25) is 0 Å². The van der Waals surface area contributed by atoms with Gasteiger partial charge in [-0.2, -0.15) is 5.10 Å². The number of nitrogen functional groups attached to an aromatic ring is 1. The minimum absolute atomic E-state index is 0.0763. The molecule has 0 aliphatic heterocycles. The summed E-state index contributed by atoms with van der Waals surface area (Å²) in [6, 6.07) is 7.88. The highest BCUT2D eigenvalue weighted by atomic mass is 16.5. The molecule has 0 radical (unpaired) electrons. The van der Waals surface area contributed by atoms with E-state index in [-0.39, 0.29) is 11.6 Å². The van der Waals surface area contributed by atoms with E-state index in [0.717, 1.165) is 17.0 Å². The highest BCUT2D eigenvalue weighted by Gasteiger charge is 2.17. The van der Waals surface area contributed by atoms with E-state index in [4.69, 9.17) is 10.5 Å². The summed E-state index contributed by atoms with van der Waals surface area (Å²) in [4.78, 5) is 0. The number of nitrogens with two attached hydrogens (primary N) is 1. The Labute approximate surface area is 120 Å². The third-order valence-corrected chi connectivity index (χ3v) is 2.93. The topological polar surface area (TPSA) is 53.1 Å². The SMILES string of the molecule is CC(C)Oc1ccc(-c2nn(C(C)(C)C)cc2N)cc1. The van der Waals surface area contributed by atoms with Crippen molar-refractivity contribution >= 4 is 5.69 Å². The molecule has 20 heavy (non-hydrogen) atoms. The number of ether oxygens (including phenoxy) is 1. The fraction of sp³-hybridized carbons (Fsp3) is 0.438. The van der Waals surface area contributed by atoms with E-state index < -0.39 is 0 Å². The van der Waals surface area contributed by atoms with Crippen LogP contribution in [0.25, 0.3) is 11.3 Å². The van der Waals surface area contributed by atoms with Crippen LogP contribution in [0.15, 0.2) is 30.5 Å². The predicted molar refractivity (Wildman–Crippen MR) is 82.8 cm³/mol. The molecular formula is C16H23N3O. The van der Waals surface area contributed by atoms with Gasteiger partial charge in [0.05, 0.1) is 17.3 Å². The maximum Gasteiger partial charge on any atom is 0.119 e. The van der Waals surface area contributed by atoms with E-state index in [1.165, 1.54) is 0 Å². The molecular weight excluding hydrogens is 250 g/mol. The average Bonchev–Trinajstić information content (AvgIpc) is 2.71. The van der Waals surface area contributed by atoms with Gasteiger partial charge in [0.1, 0.15) is 11.4 Å². The van der Waals surface area contributed by atoms with Gasteiger partial charge in [0.15, 0.2) is 0 Å². The number of aromatic nitrogens is 2. The second-order valence-electron chi connectivity index (χ2n) is 6.24. The molecule has 0 saturated carbocycles. The molecule has 0 unspecified atom stereocenters. The Kier molecular flexibility index (Phi) is 3.75. The van der Waals surface area contributed by atoms with Crippen molar-refractivity contribution in [1.29, 1.82) is 0 Å². The largest absolute Gasteiger partial charge is 0.491 e. The molecule has 4 heteroatoms. The number of hydrogen-bond acceptors (Lipinski definition) is 3. The lowest BCUT2D eigenvalue weighted by molar-refractivity contribution is 0.242. The first kappa shape index (κ1) is 14.4. The molecule has 1 aromatic heterocycles. The maximum atomic E-state index is 6.07. The average molecular weight is 273 g/mol. The summed E-state index contributed by atoms with van der Waals surface area (Å²) in [6.45, 7) is 10.3. The standard InChI is InChI=1S/C16H23N3O/c1-11(2)20-13-8-6-12(7-9-13)15-14(17)10-19(18-15)16(3,4)5/h6-11H,17H2,1-5H3. The number of nitrogens with zero attached hydrogens (tertiary/aromatic N) is 2. The first-order valence-electron chi connectivity index (χ1n) is 6.90. The summed E-state index contributed by atoms with van der Waals surface area (Å²) in [5.41, 5.74) is 8.51. The second-order valence-corrected chi connectivity index (χ2v) is 6.24. The fourth-order valence-corrected chi connectivity index (χ4v) is 1.92. The molecule has 1 aromatic carbocycles. The first-order chi connectivity index (χ1) is 9.27. The summed E-state index contributed by atoms with van der Waals surface area (Å²) in [5.74, 6) is 0.859. The van der Waals surface area contributed by atoms with E-state index in [2.05, 4.69) is 25.9 Å². The summed E-state index contributed by atoms with van der Waals surface area (Å²) in [7, 11) is 0. The molecule has 0 aliphatic carbocycles. The first-order valence-corrected chi connectivity index (χ1v) is 6.90. The van der Waals surface area contributed by atoms with Gasteiger partial charge in [0.25, 0.3) is 0 Å². The third-order valence-electron chi connectivity index (χ3n) is 2.93. The van der Waals surface area contributed by atoms with Crippen LogP contribution in [0.5, 0.6) is 5.75 Å². The molecule has 0 fully saturated rings. The Morgan fingerprint density at radius 3 is 2.20 bits per heavy atom. The zero-order chi connectivity index (χ0) is 14.9. The van der Waals surface area contributed by atoms with Crippen molar-refractivity contribution in [3.05, 3.63) is 30.5 Å². The molecule has 0 aliphatic rings. The van der Waals surface area contributed by atoms with Crippen LogP contribution in [0.3, 0.4) is 0 Å². The van der Waals surface area contributed by atoms with Gasteiger partial charge < -0.3 is 10.5 Å². The normalized spacial score (nSPS) is 11.9. The summed E-state index contributed by atoms with van der Waals surface area (Å²) < 4.78 is 7.54. The minimum atomic E-state index is -0.0763. The summed E-state index contributed by atoms with van der Waals surface area (Å²) in [5, 5.41) is 4.59. The van der Waals surface area contributed by atoms with Gasteiger partial charge in [-0.1, -0.05) is 0 Å². The molecule has 4 nitrogen and oxygen atoms in total. The van der Waals surface area contributed by atoms with E-state index in [1.807, 2.05) is 49.0 Å². The quantitative estimate of drug-likeness (QED) is 0.928. The summed E-state index contributed by atoms with van der Waals surface area (Å²) in [6.07, 6.45) is 2.06. The van der Waals surface area contributed by atoms with Gasteiger partial charge in [-0.05, 0) is 58.9 Å². The van der Waals surface area contributed by atoms with Crippen LogP contribution < -0.4 is 10.5 Å². The molecule has 1 heterocycles. The zero-order valence-corrected chi connectivity index (χ0v) is 12.8. The fourth-order valence-electron chi connectivity index (χ4n) is 1.92. The highest BCUT2D eigenvalue weighted by molar-refractivity contribution is 5.72. The second kappa shape index (κ2) is 5.19. The molecule has 2 N–H and O–H groups in total. The molecule has 0 atom stereocenters. The van der Waals surface area contributed by atoms with Crippen molar-refractivity contribution in [2.75, 3.05) is 5.73 Å². The Hall–Kier alpha value is -1.97. The number of benzene rings is 1. The van der Waals surface area contributed by atoms with Crippen molar-refractivity contribution in [2.24, 2.45) is 0 Å². The Balaban J connectivity index is 2.30. The zero-order valence-electron chi connectivity index (χ0n) is 12.8. The third kappa shape index (κ3) is 3.13. The summed E-state index contributed by atoms with van der Waals surface area (Å²) >= 11 is 0. The van der Waals surface area contributed by atoms with Crippen molar-refractivity contribution < 1.29 is 4.74 Å². The Bertz CT molecular complexity index is 577.